The zero-order valence-electron chi connectivity index (χ0n) is 8.54. The van der Waals surface area contributed by atoms with Crippen LogP contribution < -0.4 is 0 Å². The fourth-order valence-corrected chi connectivity index (χ4v) is 2.15. The van der Waals surface area contributed by atoms with Gasteiger partial charge in [-0.05, 0) is 25.3 Å². The van der Waals surface area contributed by atoms with Crippen LogP contribution in [0.25, 0.3) is 0 Å². The van der Waals surface area contributed by atoms with Crippen LogP contribution in [-0.2, 0) is 14.2 Å². The number of likely N-dealkylation sites (tertiary alicyclic amines) is 1. The van der Waals surface area contributed by atoms with Gasteiger partial charge in [-0.3, -0.25) is 4.52 Å². The lowest BCUT2D eigenvalue weighted by atomic mass is 10.1. The number of nitrogens with zero attached hydrogens (tertiary/aromatic N) is 1. The summed E-state index contributed by atoms with van der Waals surface area (Å²) in [6.07, 6.45) is 1.50. The molecule has 0 bridgehead atoms. The van der Waals surface area contributed by atoms with Crippen molar-refractivity contribution >= 4 is 7.82 Å². The average molecular weight is 238 g/mol. The first kappa shape index (κ1) is 13.1. The van der Waals surface area contributed by atoms with Crippen molar-refractivity contribution < 1.29 is 24.0 Å². The van der Waals surface area contributed by atoms with Gasteiger partial charge in [0.05, 0.1) is 13.2 Å². The first-order chi connectivity index (χ1) is 7.01. The van der Waals surface area contributed by atoms with E-state index in [1.54, 1.807) is 0 Å². The quantitative estimate of drug-likeness (QED) is 0.647. The Kier molecular flexibility index (Phi) is 5.18. The van der Waals surface area contributed by atoms with Crippen LogP contribution in [0.15, 0.2) is 0 Å². The highest BCUT2D eigenvalue weighted by Crippen LogP contribution is 2.37. The van der Waals surface area contributed by atoms with Crippen LogP contribution in [0.4, 0.5) is 0 Å². The minimum atomic E-state index is -4.33. The number of hydrogen-bond acceptors (Lipinski definition) is 3. The molecule has 7 heteroatoms. The van der Waals surface area contributed by atoms with Crippen molar-refractivity contribution in [2.75, 3.05) is 32.8 Å². The molecule has 1 saturated heterocycles. The molecule has 0 saturated carbocycles. The van der Waals surface area contributed by atoms with Gasteiger partial charge in [0.1, 0.15) is 0 Å². The topological polar surface area (TPSA) is 89.9 Å². The van der Waals surface area contributed by atoms with Crippen molar-refractivity contribution in [1.82, 2.24) is 4.90 Å². The summed E-state index contributed by atoms with van der Waals surface area (Å²) in [5.41, 5.74) is 0. The van der Waals surface area contributed by atoms with E-state index in [4.69, 9.17) is 9.79 Å². The molecule has 0 aromatic heterocycles. The molecule has 1 heterocycles. The van der Waals surface area contributed by atoms with Crippen LogP contribution in [0.1, 0.15) is 12.8 Å². The summed E-state index contributed by atoms with van der Waals surface area (Å²) < 4.78 is 14.9. The van der Waals surface area contributed by atoms with E-state index in [2.05, 4.69) is 9.42 Å². The van der Waals surface area contributed by atoms with Gasteiger partial charge in [0.25, 0.3) is 0 Å². The van der Waals surface area contributed by atoms with E-state index >= 15 is 0 Å². The molecular formula is C8H17NO5P. The molecule has 89 valence electrons. The lowest BCUT2D eigenvalue weighted by molar-refractivity contribution is 0.159. The fraction of sp³-hybridized carbons (Fsp3) is 1.00. The molecule has 1 aliphatic heterocycles. The Labute approximate surface area is 89.1 Å². The third-order valence-corrected chi connectivity index (χ3v) is 2.95. The summed E-state index contributed by atoms with van der Waals surface area (Å²) in [6.45, 7) is 2.45. The van der Waals surface area contributed by atoms with Crippen molar-refractivity contribution in [2.45, 2.75) is 12.8 Å². The predicted octanol–water partition coefficient (Wildman–Crippen LogP) is 0.238. The molecule has 0 aromatic carbocycles. The van der Waals surface area contributed by atoms with Gasteiger partial charge in [0.2, 0.25) is 0 Å². The molecule has 0 aliphatic carbocycles. The number of phosphoric acid groups is 1. The molecule has 1 unspecified atom stereocenters. The summed E-state index contributed by atoms with van der Waals surface area (Å²) in [5, 5.41) is 10.3. The van der Waals surface area contributed by atoms with Gasteiger partial charge in [-0.25, -0.2) is 9.67 Å². The average Bonchev–Trinajstić information content (AvgIpc) is 2.58. The second kappa shape index (κ2) is 5.94. The fourth-order valence-electron chi connectivity index (χ4n) is 1.74. The van der Waals surface area contributed by atoms with Crippen molar-refractivity contribution in [1.29, 1.82) is 0 Å². The van der Waals surface area contributed by atoms with E-state index < -0.39 is 7.82 Å². The largest absolute Gasteiger partial charge is 0.469 e. The van der Waals surface area contributed by atoms with Crippen molar-refractivity contribution in [3.8, 4) is 0 Å². The van der Waals surface area contributed by atoms with Gasteiger partial charge in [-0.15, -0.1) is 0 Å². The smallest absolute Gasteiger partial charge is 0.303 e. The molecule has 0 amide bonds. The van der Waals surface area contributed by atoms with Crippen molar-refractivity contribution in [3.05, 3.63) is 0 Å². The van der Waals surface area contributed by atoms with Crippen molar-refractivity contribution in [2.24, 2.45) is 5.92 Å². The normalized spacial score (nSPS) is 23.5. The molecule has 1 atom stereocenters. The SMILES string of the molecule is [O]CCCN1CCC(COP(=O)(O)O)C1. The number of phosphoric ester groups is 1. The maximum Gasteiger partial charge on any atom is 0.469 e. The lowest BCUT2D eigenvalue weighted by Crippen LogP contribution is -2.23. The highest BCUT2D eigenvalue weighted by atomic mass is 31.2. The maximum absolute atomic E-state index is 10.5. The van der Waals surface area contributed by atoms with E-state index in [0.29, 0.717) is 6.42 Å². The van der Waals surface area contributed by atoms with Crippen LogP contribution in [0, 0.1) is 5.92 Å². The lowest BCUT2D eigenvalue weighted by Gasteiger charge is -2.15. The Bertz CT molecular complexity index is 231. The minimum absolute atomic E-state index is 0.0693. The molecule has 0 spiro atoms. The summed E-state index contributed by atoms with van der Waals surface area (Å²) in [4.78, 5) is 19.2. The van der Waals surface area contributed by atoms with Gasteiger partial charge in [0.15, 0.2) is 0 Å². The standard InChI is InChI=1S/C8H17NO5P/c10-5-1-3-9-4-2-8(6-9)7-14-15(11,12)13/h8H,1-7H2,(H2,11,12,13). The van der Waals surface area contributed by atoms with E-state index in [1.165, 1.54) is 0 Å². The number of rotatable bonds is 6. The molecule has 1 fully saturated rings. The molecule has 1 rings (SSSR count). The van der Waals surface area contributed by atoms with Crippen molar-refractivity contribution in [3.63, 3.8) is 0 Å². The zero-order chi connectivity index (χ0) is 11.3. The summed E-state index contributed by atoms with van der Waals surface area (Å²) >= 11 is 0. The summed E-state index contributed by atoms with van der Waals surface area (Å²) in [5.74, 6) is 0.171. The van der Waals surface area contributed by atoms with E-state index in [-0.39, 0.29) is 19.1 Å². The van der Waals surface area contributed by atoms with Crippen LogP contribution >= 0.6 is 7.82 Å². The van der Waals surface area contributed by atoms with Crippen LogP contribution in [0.5, 0.6) is 0 Å². The zero-order valence-corrected chi connectivity index (χ0v) is 9.44. The first-order valence-electron chi connectivity index (χ1n) is 5.02. The van der Waals surface area contributed by atoms with Gasteiger partial charge in [-0.1, -0.05) is 0 Å². The highest BCUT2D eigenvalue weighted by Gasteiger charge is 2.25. The second-order valence-corrected chi connectivity index (χ2v) is 5.04. The summed E-state index contributed by atoms with van der Waals surface area (Å²) in [7, 11) is -4.33. The Morgan fingerprint density at radius 3 is 2.80 bits per heavy atom. The first-order valence-corrected chi connectivity index (χ1v) is 6.55. The Balaban J connectivity index is 2.16. The Morgan fingerprint density at radius 1 is 1.47 bits per heavy atom. The van der Waals surface area contributed by atoms with Crippen LogP contribution in [0.2, 0.25) is 0 Å². The van der Waals surface area contributed by atoms with E-state index in [0.717, 1.165) is 26.1 Å². The molecule has 2 N–H and O–H groups in total. The van der Waals surface area contributed by atoms with Gasteiger partial charge >= 0.3 is 7.82 Å². The molecule has 0 aromatic rings. The molecule has 6 nitrogen and oxygen atoms in total. The summed E-state index contributed by atoms with van der Waals surface area (Å²) in [6, 6.07) is 0. The minimum Gasteiger partial charge on any atom is -0.303 e. The second-order valence-electron chi connectivity index (χ2n) is 3.80. The molecular weight excluding hydrogens is 221 g/mol. The monoisotopic (exact) mass is 238 g/mol. The van der Waals surface area contributed by atoms with Gasteiger partial charge < -0.3 is 14.7 Å². The van der Waals surface area contributed by atoms with E-state index in [9.17, 15) is 9.67 Å². The molecule has 1 radical (unpaired) electrons. The third-order valence-electron chi connectivity index (χ3n) is 2.47. The third kappa shape index (κ3) is 5.61. The number of hydrogen-bond donors (Lipinski definition) is 2. The molecule has 15 heavy (non-hydrogen) atoms. The van der Waals surface area contributed by atoms with E-state index in [1.807, 2.05) is 0 Å². The predicted molar refractivity (Wildman–Crippen MR) is 52.7 cm³/mol. The van der Waals surface area contributed by atoms with Crippen LogP contribution in [0.3, 0.4) is 0 Å². The molecule has 1 aliphatic rings. The maximum atomic E-state index is 10.5. The Hall–Kier alpha value is 0.0300. The van der Waals surface area contributed by atoms with Gasteiger partial charge in [0, 0.05) is 13.1 Å². The van der Waals surface area contributed by atoms with Gasteiger partial charge in [-0.2, -0.15) is 0 Å². The van der Waals surface area contributed by atoms with Crippen LogP contribution in [-0.4, -0.2) is 47.5 Å². The Morgan fingerprint density at radius 2 is 2.20 bits per heavy atom. The highest BCUT2D eigenvalue weighted by molar-refractivity contribution is 7.46.